The summed E-state index contributed by atoms with van der Waals surface area (Å²) in [5.41, 5.74) is 2.18. The van der Waals surface area contributed by atoms with Gasteiger partial charge in [0, 0.05) is 30.5 Å². The van der Waals surface area contributed by atoms with Crippen LogP contribution in [0.15, 0.2) is 30.6 Å². The van der Waals surface area contributed by atoms with Crippen molar-refractivity contribution in [3.8, 4) is 0 Å². The molecule has 2 amide bonds. The number of likely N-dealkylation sites (tertiary alicyclic amines) is 1. The fourth-order valence-electron chi connectivity index (χ4n) is 3.78. The number of para-hydroxylation sites is 1. The molecule has 1 aliphatic heterocycles. The predicted molar refractivity (Wildman–Crippen MR) is 114 cm³/mol. The molecule has 8 heteroatoms. The van der Waals surface area contributed by atoms with Gasteiger partial charge >= 0.3 is 6.09 Å². The molecule has 4 rings (SSSR count). The van der Waals surface area contributed by atoms with Gasteiger partial charge in [0.25, 0.3) is 5.91 Å². The van der Waals surface area contributed by atoms with Crippen molar-refractivity contribution in [2.45, 2.75) is 39.2 Å². The molecule has 158 valence electrons. The molecule has 1 saturated heterocycles. The van der Waals surface area contributed by atoms with E-state index < -0.39 is 5.60 Å². The van der Waals surface area contributed by atoms with Crippen molar-refractivity contribution in [2.75, 3.05) is 19.6 Å². The Morgan fingerprint density at radius 3 is 2.67 bits per heavy atom. The topological polar surface area (TPSA) is 100 Å². The summed E-state index contributed by atoms with van der Waals surface area (Å²) in [6, 6.07) is 7.81. The molecule has 1 aliphatic rings. The van der Waals surface area contributed by atoms with E-state index in [-0.39, 0.29) is 12.0 Å². The minimum absolute atomic E-state index is 0.219. The molecule has 8 nitrogen and oxygen atoms in total. The monoisotopic (exact) mass is 409 g/mol. The van der Waals surface area contributed by atoms with Crippen LogP contribution in [0.25, 0.3) is 21.9 Å². The number of rotatable bonds is 3. The second-order valence-electron chi connectivity index (χ2n) is 8.74. The number of amides is 2. The fourth-order valence-corrected chi connectivity index (χ4v) is 3.78. The van der Waals surface area contributed by atoms with E-state index in [2.05, 4.69) is 20.3 Å². The van der Waals surface area contributed by atoms with Crippen LogP contribution < -0.4 is 5.32 Å². The maximum absolute atomic E-state index is 12.8. The Kier molecular flexibility index (Phi) is 5.32. The lowest BCUT2D eigenvalue weighted by molar-refractivity contribution is 0.0183. The zero-order valence-electron chi connectivity index (χ0n) is 17.6. The van der Waals surface area contributed by atoms with E-state index in [1.807, 2.05) is 45.0 Å². The number of hydrogen-bond acceptors (Lipinski definition) is 5. The van der Waals surface area contributed by atoms with Gasteiger partial charge in [-0.2, -0.15) is 0 Å². The first-order chi connectivity index (χ1) is 14.3. The summed E-state index contributed by atoms with van der Waals surface area (Å²) >= 11 is 0. The predicted octanol–water partition coefficient (Wildman–Crippen LogP) is 3.49. The largest absolute Gasteiger partial charge is 0.444 e. The SMILES string of the molecule is CC(C)(C)OC(=O)N1CCC(CNC(=O)c2ncnc3c2[nH]c2ccccc23)CC1. The van der Waals surface area contributed by atoms with E-state index in [1.54, 1.807) is 4.90 Å². The lowest BCUT2D eigenvalue weighted by atomic mass is 9.97. The molecule has 1 aromatic carbocycles. The number of H-pyrrole nitrogens is 1. The van der Waals surface area contributed by atoms with Crippen molar-refractivity contribution < 1.29 is 14.3 Å². The molecular weight excluding hydrogens is 382 g/mol. The van der Waals surface area contributed by atoms with Gasteiger partial charge in [0.1, 0.15) is 17.4 Å². The average Bonchev–Trinajstić information content (AvgIpc) is 3.10. The minimum atomic E-state index is -0.493. The van der Waals surface area contributed by atoms with Gasteiger partial charge in [-0.25, -0.2) is 14.8 Å². The fraction of sp³-hybridized carbons (Fsp3) is 0.455. The number of ether oxygens (including phenoxy) is 1. The number of aromatic amines is 1. The Morgan fingerprint density at radius 2 is 1.93 bits per heavy atom. The molecule has 2 aromatic heterocycles. The van der Waals surface area contributed by atoms with Gasteiger partial charge in [-0.1, -0.05) is 18.2 Å². The number of nitrogens with one attached hydrogen (secondary N) is 2. The number of carbonyl (C=O) groups excluding carboxylic acids is 2. The summed E-state index contributed by atoms with van der Waals surface area (Å²) in [4.78, 5) is 38.5. The third kappa shape index (κ3) is 4.22. The van der Waals surface area contributed by atoms with Crippen LogP contribution in [0.1, 0.15) is 44.1 Å². The van der Waals surface area contributed by atoms with E-state index in [0.29, 0.717) is 36.8 Å². The molecule has 3 aromatic rings. The third-order valence-corrected chi connectivity index (χ3v) is 5.32. The van der Waals surface area contributed by atoms with Crippen molar-refractivity contribution in [1.29, 1.82) is 0 Å². The van der Waals surface area contributed by atoms with E-state index in [1.165, 1.54) is 6.33 Å². The molecular formula is C22H27N5O3. The summed E-state index contributed by atoms with van der Waals surface area (Å²) in [6.45, 7) is 7.41. The van der Waals surface area contributed by atoms with Gasteiger partial charge in [-0.05, 0) is 45.6 Å². The highest BCUT2D eigenvalue weighted by Gasteiger charge is 2.27. The Labute approximate surface area is 175 Å². The number of benzene rings is 1. The third-order valence-electron chi connectivity index (χ3n) is 5.32. The maximum atomic E-state index is 12.8. The number of piperidine rings is 1. The van der Waals surface area contributed by atoms with E-state index in [4.69, 9.17) is 4.74 Å². The van der Waals surface area contributed by atoms with Crippen molar-refractivity contribution >= 4 is 33.9 Å². The summed E-state index contributed by atoms with van der Waals surface area (Å²) < 4.78 is 5.43. The van der Waals surface area contributed by atoms with Crippen molar-refractivity contribution in [2.24, 2.45) is 5.92 Å². The van der Waals surface area contributed by atoms with Gasteiger partial charge in [0.05, 0.1) is 5.52 Å². The highest BCUT2D eigenvalue weighted by molar-refractivity contribution is 6.12. The summed E-state index contributed by atoms with van der Waals surface area (Å²) in [5.74, 6) is 0.0937. The normalized spacial score (nSPS) is 15.5. The van der Waals surface area contributed by atoms with E-state index >= 15 is 0 Å². The standard InChI is InChI=1S/C22H27N5O3/c1-22(2,3)30-21(29)27-10-8-14(9-11-27)12-23-20(28)19-18-17(24-13-25-19)15-6-4-5-7-16(15)26-18/h4-7,13-14,26H,8-12H2,1-3H3,(H,23,28). The highest BCUT2D eigenvalue weighted by Crippen LogP contribution is 2.25. The number of fused-ring (bicyclic) bond motifs is 3. The van der Waals surface area contributed by atoms with Gasteiger partial charge in [-0.3, -0.25) is 4.79 Å². The molecule has 0 aliphatic carbocycles. The molecule has 0 saturated carbocycles. The van der Waals surface area contributed by atoms with Crippen molar-refractivity contribution in [1.82, 2.24) is 25.2 Å². The molecule has 0 unspecified atom stereocenters. The van der Waals surface area contributed by atoms with Gasteiger partial charge in [0.2, 0.25) is 0 Å². The lowest BCUT2D eigenvalue weighted by Gasteiger charge is -2.33. The van der Waals surface area contributed by atoms with Crippen molar-refractivity contribution in [3.63, 3.8) is 0 Å². The Bertz CT molecular complexity index is 1080. The van der Waals surface area contributed by atoms with Crippen LogP contribution in [0.5, 0.6) is 0 Å². The Balaban J connectivity index is 1.36. The van der Waals surface area contributed by atoms with Gasteiger partial charge in [0.15, 0.2) is 5.69 Å². The number of aromatic nitrogens is 3. The molecule has 0 radical (unpaired) electrons. The summed E-state index contributed by atoms with van der Waals surface area (Å²) in [7, 11) is 0. The molecule has 3 heterocycles. The number of nitrogens with zero attached hydrogens (tertiary/aromatic N) is 3. The zero-order chi connectivity index (χ0) is 21.3. The van der Waals surface area contributed by atoms with Crippen LogP contribution >= 0.6 is 0 Å². The lowest BCUT2D eigenvalue weighted by Crippen LogP contribution is -2.43. The maximum Gasteiger partial charge on any atom is 0.410 e. The first-order valence-electron chi connectivity index (χ1n) is 10.3. The number of carbonyl (C=O) groups is 2. The average molecular weight is 409 g/mol. The van der Waals surface area contributed by atoms with Gasteiger partial charge in [-0.15, -0.1) is 0 Å². The molecule has 1 fully saturated rings. The van der Waals surface area contributed by atoms with Crippen LogP contribution in [0.4, 0.5) is 4.79 Å². The first kappa shape index (κ1) is 20.1. The highest BCUT2D eigenvalue weighted by atomic mass is 16.6. The Hall–Kier alpha value is -3.16. The second-order valence-corrected chi connectivity index (χ2v) is 8.74. The molecule has 30 heavy (non-hydrogen) atoms. The number of hydrogen-bond donors (Lipinski definition) is 2. The first-order valence-corrected chi connectivity index (χ1v) is 10.3. The van der Waals surface area contributed by atoms with Crippen molar-refractivity contribution in [3.05, 3.63) is 36.3 Å². The Morgan fingerprint density at radius 1 is 1.20 bits per heavy atom. The van der Waals surface area contributed by atoms with Crippen LogP contribution in [-0.2, 0) is 4.74 Å². The molecule has 0 bridgehead atoms. The van der Waals surface area contributed by atoms with E-state index in [9.17, 15) is 9.59 Å². The molecule has 0 spiro atoms. The summed E-state index contributed by atoms with van der Waals surface area (Å²) in [5, 5.41) is 3.97. The summed E-state index contributed by atoms with van der Waals surface area (Å²) in [6.07, 6.45) is 2.81. The minimum Gasteiger partial charge on any atom is -0.444 e. The van der Waals surface area contributed by atoms with Crippen LogP contribution in [-0.4, -0.2) is 57.1 Å². The van der Waals surface area contributed by atoms with E-state index in [0.717, 1.165) is 29.3 Å². The smallest absolute Gasteiger partial charge is 0.410 e. The second kappa shape index (κ2) is 7.93. The molecule has 0 atom stereocenters. The quantitative estimate of drug-likeness (QED) is 0.690. The van der Waals surface area contributed by atoms with Crippen LogP contribution in [0.3, 0.4) is 0 Å². The van der Waals surface area contributed by atoms with Gasteiger partial charge < -0.3 is 19.9 Å². The molecule has 2 N–H and O–H groups in total. The zero-order valence-corrected chi connectivity index (χ0v) is 17.6. The van der Waals surface area contributed by atoms with Crippen LogP contribution in [0, 0.1) is 5.92 Å². The van der Waals surface area contributed by atoms with Crippen LogP contribution in [0.2, 0.25) is 0 Å².